The quantitative estimate of drug-likeness (QED) is 0.438. The predicted octanol–water partition coefficient (Wildman–Crippen LogP) is 4.03. The minimum Gasteiger partial charge on any atom is -0.462 e. The average Bonchev–Trinajstić information content (AvgIpc) is 3.04. The summed E-state index contributed by atoms with van der Waals surface area (Å²) in [6.07, 6.45) is 0.693. The third kappa shape index (κ3) is 3.92. The van der Waals surface area contributed by atoms with Crippen molar-refractivity contribution in [3.63, 3.8) is 0 Å². The summed E-state index contributed by atoms with van der Waals surface area (Å²) in [5.41, 5.74) is 0.814. The van der Waals surface area contributed by atoms with E-state index in [9.17, 15) is 14.4 Å². The van der Waals surface area contributed by atoms with Crippen LogP contribution in [0.3, 0.4) is 0 Å². The smallest absolute Gasteiger partial charge is 0.349 e. The van der Waals surface area contributed by atoms with Crippen LogP contribution in [0.5, 0.6) is 0 Å². The van der Waals surface area contributed by atoms with E-state index in [1.165, 1.54) is 17.4 Å². The van der Waals surface area contributed by atoms with E-state index < -0.39 is 17.5 Å². The maximum atomic E-state index is 12.9. The minimum atomic E-state index is -0.735. The van der Waals surface area contributed by atoms with Gasteiger partial charge in [-0.25, -0.2) is 9.59 Å². The summed E-state index contributed by atoms with van der Waals surface area (Å²) in [6, 6.07) is 6.67. The summed E-state index contributed by atoms with van der Waals surface area (Å²) < 4.78 is 11.3. The number of carbonyl (C=O) groups excluding carboxylic acids is 2. The number of carbonyl (C=O) groups is 2. The monoisotopic (exact) mass is 490 g/mol. The van der Waals surface area contributed by atoms with Crippen LogP contribution in [0.15, 0.2) is 37.9 Å². The number of benzene rings is 1. The van der Waals surface area contributed by atoms with Crippen LogP contribution in [0.1, 0.15) is 38.1 Å². The minimum absolute atomic E-state index is 0.126. The first-order chi connectivity index (χ1) is 14.4. The Bertz CT molecular complexity index is 1220. The SMILES string of the molecule is CCOC(=O)c1c(NC(=O)c2cc3cc(Br)ccc3oc2=O)sc2c1CCN(C)C2. The third-order valence-corrected chi connectivity index (χ3v) is 6.52. The van der Waals surface area contributed by atoms with Gasteiger partial charge in [-0.1, -0.05) is 15.9 Å². The summed E-state index contributed by atoms with van der Waals surface area (Å²) in [5, 5.41) is 3.76. The van der Waals surface area contributed by atoms with Crippen molar-refractivity contribution in [2.75, 3.05) is 25.5 Å². The van der Waals surface area contributed by atoms with Crippen LogP contribution in [0, 0.1) is 0 Å². The summed E-state index contributed by atoms with van der Waals surface area (Å²) in [7, 11) is 2.00. The molecule has 0 unspecified atom stereocenters. The number of esters is 1. The molecule has 3 aromatic rings. The molecule has 2 aromatic heterocycles. The van der Waals surface area contributed by atoms with Crippen molar-refractivity contribution in [1.29, 1.82) is 0 Å². The molecular formula is C21H19BrN2O5S. The molecule has 30 heavy (non-hydrogen) atoms. The molecular weight excluding hydrogens is 472 g/mol. The number of fused-ring (bicyclic) bond motifs is 2. The Hall–Kier alpha value is -2.49. The van der Waals surface area contributed by atoms with Gasteiger partial charge in [-0.05, 0) is 50.2 Å². The highest BCUT2D eigenvalue weighted by Gasteiger charge is 2.29. The van der Waals surface area contributed by atoms with E-state index in [1.54, 1.807) is 25.1 Å². The van der Waals surface area contributed by atoms with E-state index in [1.807, 2.05) is 7.05 Å². The van der Waals surface area contributed by atoms with Gasteiger partial charge in [0.25, 0.3) is 5.91 Å². The van der Waals surface area contributed by atoms with Crippen molar-refractivity contribution in [2.45, 2.75) is 19.9 Å². The first-order valence-electron chi connectivity index (χ1n) is 9.42. The van der Waals surface area contributed by atoms with Gasteiger partial charge in [-0.15, -0.1) is 11.3 Å². The van der Waals surface area contributed by atoms with Gasteiger partial charge < -0.3 is 19.4 Å². The molecule has 0 fully saturated rings. The van der Waals surface area contributed by atoms with Gasteiger partial charge in [-0.2, -0.15) is 0 Å². The Balaban J connectivity index is 1.73. The molecule has 4 rings (SSSR count). The van der Waals surface area contributed by atoms with Crippen LogP contribution >= 0.6 is 27.3 Å². The second-order valence-corrected chi connectivity index (χ2v) is 9.02. The first-order valence-corrected chi connectivity index (χ1v) is 11.0. The molecule has 1 amide bonds. The molecule has 1 aromatic carbocycles. The van der Waals surface area contributed by atoms with Crippen LogP contribution in [0.4, 0.5) is 5.00 Å². The van der Waals surface area contributed by atoms with Crippen molar-refractivity contribution < 1.29 is 18.7 Å². The van der Waals surface area contributed by atoms with E-state index in [4.69, 9.17) is 9.15 Å². The lowest BCUT2D eigenvalue weighted by Crippen LogP contribution is -2.26. The summed E-state index contributed by atoms with van der Waals surface area (Å²) >= 11 is 4.71. The summed E-state index contributed by atoms with van der Waals surface area (Å²) in [6.45, 7) is 3.47. The zero-order valence-electron chi connectivity index (χ0n) is 16.4. The molecule has 0 bridgehead atoms. The Morgan fingerprint density at radius 2 is 2.13 bits per heavy atom. The Kier molecular flexibility index (Phi) is 5.77. The number of hydrogen-bond donors (Lipinski definition) is 1. The number of thiophene rings is 1. The normalized spacial score (nSPS) is 13.8. The van der Waals surface area contributed by atoms with Crippen LogP contribution in [-0.4, -0.2) is 37.0 Å². The van der Waals surface area contributed by atoms with Crippen molar-refractivity contribution in [1.82, 2.24) is 4.90 Å². The highest BCUT2D eigenvalue weighted by Crippen LogP contribution is 2.37. The Labute approximate surface area is 184 Å². The van der Waals surface area contributed by atoms with E-state index in [0.717, 1.165) is 21.5 Å². The number of hydrogen-bond acceptors (Lipinski definition) is 7. The standard InChI is InChI=1S/C21H19BrN2O5S/c1-3-28-21(27)17-13-6-7-24(2)10-16(13)30-19(17)23-18(25)14-9-11-8-12(22)4-5-15(11)29-20(14)26/h4-5,8-9H,3,6-7,10H2,1-2H3,(H,23,25). The molecule has 0 spiro atoms. The number of halogens is 1. The van der Waals surface area contributed by atoms with Gasteiger partial charge in [0.15, 0.2) is 0 Å². The number of rotatable bonds is 4. The number of anilines is 1. The van der Waals surface area contributed by atoms with Crippen molar-refractivity contribution in [3.05, 3.63) is 60.7 Å². The van der Waals surface area contributed by atoms with Crippen molar-refractivity contribution >= 4 is 55.1 Å². The molecule has 0 saturated heterocycles. The van der Waals surface area contributed by atoms with Crippen molar-refractivity contribution in [2.24, 2.45) is 0 Å². The largest absolute Gasteiger partial charge is 0.462 e. The molecule has 0 radical (unpaired) electrons. The lowest BCUT2D eigenvalue weighted by Gasteiger charge is -2.22. The molecule has 7 nitrogen and oxygen atoms in total. The molecule has 1 aliphatic rings. The van der Waals surface area contributed by atoms with E-state index in [2.05, 4.69) is 26.1 Å². The summed E-state index contributed by atoms with van der Waals surface area (Å²) in [5.74, 6) is -1.09. The molecule has 3 heterocycles. The Morgan fingerprint density at radius 3 is 2.90 bits per heavy atom. The fourth-order valence-electron chi connectivity index (χ4n) is 3.46. The molecule has 156 valence electrons. The second kappa shape index (κ2) is 8.33. The molecule has 1 N–H and O–H groups in total. The van der Waals surface area contributed by atoms with Crippen LogP contribution in [-0.2, 0) is 17.7 Å². The zero-order chi connectivity index (χ0) is 21.4. The predicted molar refractivity (Wildman–Crippen MR) is 118 cm³/mol. The van der Waals surface area contributed by atoms with Crippen LogP contribution in [0.25, 0.3) is 11.0 Å². The van der Waals surface area contributed by atoms with Gasteiger partial charge in [-0.3, -0.25) is 4.79 Å². The molecule has 0 atom stereocenters. The highest BCUT2D eigenvalue weighted by atomic mass is 79.9. The molecule has 0 saturated carbocycles. The van der Waals surface area contributed by atoms with Gasteiger partial charge >= 0.3 is 11.6 Å². The maximum absolute atomic E-state index is 12.9. The highest BCUT2D eigenvalue weighted by molar-refractivity contribution is 9.10. The number of likely N-dealkylation sites (N-methyl/N-ethyl adjacent to an activating group) is 1. The topological polar surface area (TPSA) is 88.8 Å². The third-order valence-electron chi connectivity index (χ3n) is 4.89. The van der Waals surface area contributed by atoms with Gasteiger partial charge in [0.05, 0.1) is 12.2 Å². The lowest BCUT2D eigenvalue weighted by molar-refractivity contribution is 0.0526. The van der Waals surface area contributed by atoms with E-state index in [-0.39, 0.29) is 12.2 Å². The summed E-state index contributed by atoms with van der Waals surface area (Å²) in [4.78, 5) is 41.1. The number of nitrogens with zero attached hydrogens (tertiary/aromatic N) is 1. The fourth-order valence-corrected chi connectivity index (χ4v) is 5.15. The van der Waals surface area contributed by atoms with Gasteiger partial charge in [0.2, 0.25) is 0 Å². The van der Waals surface area contributed by atoms with E-state index >= 15 is 0 Å². The first kappa shape index (κ1) is 20.8. The second-order valence-electron chi connectivity index (χ2n) is 7.00. The van der Waals surface area contributed by atoms with Crippen LogP contribution in [0.2, 0.25) is 0 Å². The van der Waals surface area contributed by atoms with Crippen LogP contribution < -0.4 is 10.9 Å². The zero-order valence-corrected chi connectivity index (χ0v) is 18.8. The lowest BCUT2D eigenvalue weighted by atomic mass is 10.0. The molecule has 0 aliphatic carbocycles. The number of ether oxygens (including phenoxy) is 1. The molecule has 9 heteroatoms. The number of nitrogens with one attached hydrogen (secondary N) is 1. The van der Waals surface area contributed by atoms with Gasteiger partial charge in [0, 0.05) is 27.8 Å². The fraction of sp³-hybridized carbons (Fsp3) is 0.286. The van der Waals surface area contributed by atoms with E-state index in [0.29, 0.717) is 34.5 Å². The Morgan fingerprint density at radius 1 is 1.33 bits per heavy atom. The average molecular weight is 491 g/mol. The van der Waals surface area contributed by atoms with Gasteiger partial charge in [0.1, 0.15) is 16.1 Å². The number of amides is 1. The van der Waals surface area contributed by atoms with Crippen molar-refractivity contribution in [3.8, 4) is 0 Å². The maximum Gasteiger partial charge on any atom is 0.349 e. The molecule has 1 aliphatic heterocycles.